The molecule has 15 heavy (non-hydrogen) atoms. The molecule has 0 atom stereocenters. The summed E-state index contributed by atoms with van der Waals surface area (Å²) in [5.41, 5.74) is 8.18. The molecule has 0 aliphatic rings. The van der Waals surface area contributed by atoms with E-state index < -0.39 is 0 Å². The van der Waals surface area contributed by atoms with E-state index in [1.165, 1.54) is 0 Å². The van der Waals surface area contributed by atoms with Crippen LogP contribution in [0.2, 0.25) is 0 Å². The van der Waals surface area contributed by atoms with Gasteiger partial charge in [-0.2, -0.15) is 0 Å². The summed E-state index contributed by atoms with van der Waals surface area (Å²) < 4.78 is 0. The van der Waals surface area contributed by atoms with Gasteiger partial charge in [-0.25, -0.2) is 0 Å². The zero-order valence-electron chi connectivity index (χ0n) is 8.20. The Morgan fingerprint density at radius 2 is 1.80 bits per heavy atom. The summed E-state index contributed by atoms with van der Waals surface area (Å²) in [4.78, 5) is 0. The zero-order chi connectivity index (χ0) is 10.7. The summed E-state index contributed by atoms with van der Waals surface area (Å²) in [7, 11) is 0. The first kappa shape index (κ1) is 9.46. The number of nitrogens with two attached hydrogens (primary N) is 1. The monoisotopic (exact) mass is 195 g/mol. The van der Waals surface area contributed by atoms with E-state index in [0.29, 0.717) is 0 Å². The van der Waals surface area contributed by atoms with Gasteiger partial charge in [-0.1, -0.05) is 48.5 Å². The molecular weight excluding hydrogens is 184 g/mol. The van der Waals surface area contributed by atoms with E-state index >= 15 is 0 Å². The van der Waals surface area contributed by atoms with Crippen molar-refractivity contribution in [3.8, 4) is 11.1 Å². The second kappa shape index (κ2) is 3.96. The van der Waals surface area contributed by atoms with Crippen molar-refractivity contribution >= 4 is 5.84 Å². The Morgan fingerprint density at radius 1 is 1.07 bits per heavy atom. The molecule has 0 bridgehead atoms. The Morgan fingerprint density at radius 3 is 2.47 bits per heavy atom. The molecule has 0 unspecified atom stereocenters. The fourth-order valence-corrected chi connectivity index (χ4v) is 1.51. The highest BCUT2D eigenvalue weighted by atomic mass is 14.7. The average molecular weight is 195 g/mol. The van der Waals surface area contributed by atoms with Gasteiger partial charge in [-0.15, -0.1) is 0 Å². The highest BCUT2D eigenvalue weighted by molar-refractivity contribution is 6.01. The molecule has 2 aromatic rings. The van der Waals surface area contributed by atoms with Crippen LogP contribution in [-0.4, -0.2) is 5.84 Å². The summed E-state index contributed by atoms with van der Waals surface area (Å²) >= 11 is 0. The molecule has 2 heteroatoms. The van der Waals surface area contributed by atoms with Gasteiger partial charge in [-0.05, 0) is 17.2 Å². The van der Waals surface area contributed by atoms with Crippen molar-refractivity contribution in [2.45, 2.75) is 0 Å². The minimum Gasteiger partial charge on any atom is -0.384 e. The average Bonchev–Trinajstić information content (AvgIpc) is 2.30. The Balaban J connectivity index is 2.58. The zero-order valence-corrected chi connectivity index (χ0v) is 8.20. The molecular formula is C13H11N2. The molecule has 2 nitrogen and oxygen atoms in total. The van der Waals surface area contributed by atoms with Crippen molar-refractivity contribution in [1.82, 2.24) is 0 Å². The molecule has 0 saturated carbocycles. The first-order valence-corrected chi connectivity index (χ1v) is 4.69. The number of amidine groups is 1. The first-order chi connectivity index (χ1) is 7.29. The van der Waals surface area contributed by atoms with E-state index in [-0.39, 0.29) is 5.84 Å². The van der Waals surface area contributed by atoms with Crippen LogP contribution in [0.1, 0.15) is 5.56 Å². The molecule has 0 aromatic heterocycles. The van der Waals surface area contributed by atoms with Crippen LogP contribution < -0.4 is 5.73 Å². The van der Waals surface area contributed by atoms with Crippen molar-refractivity contribution in [3.05, 3.63) is 60.2 Å². The lowest BCUT2D eigenvalue weighted by Crippen LogP contribution is -2.12. The maximum absolute atomic E-state index is 7.49. The van der Waals surface area contributed by atoms with E-state index in [2.05, 4.69) is 6.07 Å². The molecule has 1 radical (unpaired) electrons. The molecule has 73 valence electrons. The predicted octanol–water partition coefficient (Wildman–Crippen LogP) is 2.44. The number of nitrogen functional groups attached to an aromatic ring is 1. The quantitative estimate of drug-likeness (QED) is 0.561. The largest absolute Gasteiger partial charge is 0.384 e. The van der Waals surface area contributed by atoms with Gasteiger partial charge in [-0.3, -0.25) is 5.41 Å². The van der Waals surface area contributed by atoms with E-state index in [9.17, 15) is 0 Å². The van der Waals surface area contributed by atoms with Gasteiger partial charge in [0.25, 0.3) is 0 Å². The first-order valence-electron chi connectivity index (χ1n) is 4.69. The Labute approximate surface area is 88.9 Å². The number of hydrogen-bond donors (Lipinski definition) is 2. The minimum atomic E-state index is 0.0860. The Bertz CT molecular complexity index is 475. The van der Waals surface area contributed by atoms with Gasteiger partial charge in [0.15, 0.2) is 0 Å². The van der Waals surface area contributed by atoms with Crippen molar-refractivity contribution in [3.63, 3.8) is 0 Å². The lowest BCUT2D eigenvalue weighted by molar-refractivity contribution is 1.42. The van der Waals surface area contributed by atoms with Gasteiger partial charge >= 0.3 is 0 Å². The maximum Gasteiger partial charge on any atom is 0.123 e. The molecule has 2 rings (SSSR count). The third-order valence-corrected chi connectivity index (χ3v) is 2.22. The van der Waals surface area contributed by atoms with Crippen molar-refractivity contribution in [1.29, 1.82) is 5.41 Å². The van der Waals surface area contributed by atoms with Gasteiger partial charge in [0.05, 0.1) is 0 Å². The van der Waals surface area contributed by atoms with Crippen LogP contribution >= 0.6 is 0 Å². The molecule has 0 amide bonds. The SMILES string of the molecule is N=C(N)c1ccccc1-c1[c]cccc1. The topological polar surface area (TPSA) is 49.9 Å². The molecule has 2 aromatic carbocycles. The van der Waals surface area contributed by atoms with E-state index in [1.807, 2.05) is 48.5 Å². The molecule has 0 spiro atoms. The second-order valence-corrected chi connectivity index (χ2v) is 3.24. The Kier molecular flexibility index (Phi) is 2.50. The minimum absolute atomic E-state index is 0.0860. The molecule has 0 aliphatic heterocycles. The van der Waals surface area contributed by atoms with Crippen LogP contribution in [0.15, 0.2) is 48.5 Å². The summed E-state index contributed by atoms with van der Waals surface area (Å²) in [5.74, 6) is 0.0860. The van der Waals surface area contributed by atoms with E-state index in [0.717, 1.165) is 16.7 Å². The van der Waals surface area contributed by atoms with Crippen LogP contribution in [0.5, 0.6) is 0 Å². The molecule has 0 fully saturated rings. The van der Waals surface area contributed by atoms with Gasteiger partial charge in [0.1, 0.15) is 5.84 Å². The van der Waals surface area contributed by atoms with Crippen LogP contribution in [0, 0.1) is 11.5 Å². The van der Waals surface area contributed by atoms with Crippen molar-refractivity contribution < 1.29 is 0 Å². The summed E-state index contributed by atoms with van der Waals surface area (Å²) in [6.45, 7) is 0. The molecule has 0 aliphatic carbocycles. The van der Waals surface area contributed by atoms with Crippen LogP contribution in [-0.2, 0) is 0 Å². The summed E-state index contributed by atoms with van der Waals surface area (Å²) in [5, 5.41) is 7.49. The summed E-state index contributed by atoms with van der Waals surface area (Å²) in [6, 6.07) is 18.4. The van der Waals surface area contributed by atoms with Gasteiger partial charge in [0.2, 0.25) is 0 Å². The van der Waals surface area contributed by atoms with Gasteiger partial charge in [0, 0.05) is 5.56 Å². The predicted molar refractivity (Wildman–Crippen MR) is 61.7 cm³/mol. The molecule has 0 heterocycles. The number of benzene rings is 2. The third-order valence-electron chi connectivity index (χ3n) is 2.22. The second-order valence-electron chi connectivity index (χ2n) is 3.24. The summed E-state index contributed by atoms with van der Waals surface area (Å²) in [6.07, 6.45) is 0. The lowest BCUT2D eigenvalue weighted by atomic mass is 9.99. The van der Waals surface area contributed by atoms with Crippen LogP contribution in [0.4, 0.5) is 0 Å². The maximum atomic E-state index is 7.49. The van der Waals surface area contributed by atoms with Crippen molar-refractivity contribution in [2.24, 2.45) is 5.73 Å². The highest BCUT2D eigenvalue weighted by Crippen LogP contribution is 2.22. The molecule has 0 saturated heterocycles. The lowest BCUT2D eigenvalue weighted by Gasteiger charge is -2.07. The number of rotatable bonds is 2. The highest BCUT2D eigenvalue weighted by Gasteiger charge is 2.05. The normalized spacial score (nSPS) is 9.87. The Hall–Kier alpha value is -2.09. The fraction of sp³-hybridized carbons (Fsp3) is 0. The number of nitrogens with one attached hydrogen (secondary N) is 1. The van der Waals surface area contributed by atoms with Gasteiger partial charge < -0.3 is 5.73 Å². The molecule has 3 N–H and O–H groups in total. The smallest absolute Gasteiger partial charge is 0.123 e. The third kappa shape index (κ3) is 1.89. The van der Waals surface area contributed by atoms with Crippen LogP contribution in [0.25, 0.3) is 11.1 Å². The van der Waals surface area contributed by atoms with Crippen LogP contribution in [0.3, 0.4) is 0 Å². The van der Waals surface area contributed by atoms with Crippen molar-refractivity contribution in [2.75, 3.05) is 0 Å². The number of hydrogen-bond acceptors (Lipinski definition) is 1. The van der Waals surface area contributed by atoms with E-state index in [4.69, 9.17) is 11.1 Å². The fourth-order valence-electron chi connectivity index (χ4n) is 1.51. The van der Waals surface area contributed by atoms with E-state index in [1.54, 1.807) is 0 Å². The standard InChI is InChI=1S/C13H11N2/c14-13(15)12-9-5-4-8-11(12)10-6-2-1-3-7-10/h1-6,8-9H,(H3,14,15).